The Kier molecular flexibility index (Phi) is 10.6. The van der Waals surface area contributed by atoms with Gasteiger partial charge in [0.1, 0.15) is 0 Å². The first kappa shape index (κ1) is 24.8. The number of methoxy groups -OCH3 is 2. The van der Waals surface area contributed by atoms with Crippen LogP contribution >= 0.6 is 0 Å². The van der Waals surface area contributed by atoms with Crippen molar-refractivity contribution < 1.29 is 33.3 Å². The molecule has 0 rings (SSSR count). The highest BCUT2D eigenvalue weighted by molar-refractivity contribution is 6.02. The van der Waals surface area contributed by atoms with Crippen LogP contribution in [0.3, 0.4) is 0 Å². The average molecular weight is 384 g/mol. The first-order valence-corrected chi connectivity index (χ1v) is 8.65. The van der Waals surface area contributed by atoms with E-state index in [4.69, 9.17) is 23.7 Å². The maximum atomic E-state index is 12.9. The molecule has 0 aliphatic carbocycles. The fraction of sp³-hybridized carbons (Fsp3) is 0.778. The van der Waals surface area contributed by atoms with Gasteiger partial charge in [-0.3, -0.25) is 9.59 Å². The van der Waals surface area contributed by atoms with Crippen molar-refractivity contribution in [2.45, 2.75) is 46.5 Å². The molecule has 0 saturated heterocycles. The normalized spacial score (nSPS) is 12.8. The van der Waals surface area contributed by atoms with E-state index in [-0.39, 0.29) is 19.8 Å². The predicted molar refractivity (Wildman–Crippen MR) is 92.9 cm³/mol. The van der Waals surface area contributed by atoms with Gasteiger partial charge in [0.25, 0.3) is 0 Å². The Morgan fingerprint density at radius 3 is 1.59 bits per heavy atom. The minimum atomic E-state index is -2.34. The van der Waals surface area contributed by atoms with E-state index in [1.807, 2.05) is 12.1 Å². The first-order valence-electron chi connectivity index (χ1n) is 8.65. The summed E-state index contributed by atoms with van der Waals surface area (Å²) in [7, 11) is 2.11. The van der Waals surface area contributed by atoms with Gasteiger partial charge >= 0.3 is 11.9 Å². The lowest BCUT2D eigenvalue weighted by molar-refractivity contribution is -0.202. The number of esters is 2. The van der Waals surface area contributed by atoms with E-state index in [9.17, 15) is 20.1 Å². The quantitative estimate of drug-likeness (QED) is 0.280. The molecule has 9 nitrogen and oxygen atoms in total. The number of hydrogen-bond acceptors (Lipinski definition) is 9. The third-order valence-electron chi connectivity index (χ3n) is 4.30. The summed E-state index contributed by atoms with van der Waals surface area (Å²) in [4.78, 5) is 25.7. The van der Waals surface area contributed by atoms with Gasteiger partial charge in [0, 0.05) is 26.2 Å². The number of rotatable bonds is 12. The molecule has 0 fully saturated rings. The number of carbonyl (C=O) groups is 2. The molecule has 0 heterocycles. The van der Waals surface area contributed by atoms with Crippen LogP contribution in [0.1, 0.15) is 34.1 Å². The molecule has 0 spiro atoms. The molecular formula is C18H28N2O7. The van der Waals surface area contributed by atoms with Crippen molar-refractivity contribution >= 4 is 11.9 Å². The average Bonchev–Trinajstić information content (AvgIpc) is 2.67. The zero-order valence-electron chi connectivity index (χ0n) is 16.7. The zero-order valence-corrected chi connectivity index (χ0v) is 16.7. The number of ether oxygens (including phenoxy) is 5. The molecular weight excluding hydrogens is 356 g/mol. The first-order chi connectivity index (χ1) is 12.8. The van der Waals surface area contributed by atoms with Gasteiger partial charge in [-0.15, -0.1) is 0 Å². The Morgan fingerprint density at radius 1 is 0.889 bits per heavy atom. The lowest BCUT2D eigenvalue weighted by atomic mass is 9.59. The molecule has 0 N–H and O–H groups in total. The molecule has 0 aliphatic heterocycles. The van der Waals surface area contributed by atoms with Crippen LogP contribution in [-0.2, 0) is 33.3 Å². The monoisotopic (exact) mass is 384 g/mol. The molecule has 1 atom stereocenters. The molecule has 27 heavy (non-hydrogen) atoms. The van der Waals surface area contributed by atoms with Crippen molar-refractivity contribution in [2.75, 3.05) is 34.0 Å². The standard InChI is InChI=1S/C18H28N2O7/c1-7-25-13(4)17(11-19,12-20)18(15(21)23-5,16(22)24-6)10-14(26-8-2)27-9-3/h13-14H,7-10H2,1-6H3. The number of nitriles is 2. The molecule has 9 heteroatoms. The van der Waals surface area contributed by atoms with Gasteiger partial charge in [-0.1, -0.05) is 0 Å². The summed E-state index contributed by atoms with van der Waals surface area (Å²) in [6.07, 6.45) is -2.61. The van der Waals surface area contributed by atoms with Crippen molar-refractivity contribution in [3.8, 4) is 12.1 Å². The van der Waals surface area contributed by atoms with Crippen LogP contribution in [0, 0.1) is 33.5 Å². The Labute approximate surface area is 160 Å². The molecule has 0 amide bonds. The van der Waals surface area contributed by atoms with Crippen molar-refractivity contribution in [2.24, 2.45) is 10.8 Å². The van der Waals surface area contributed by atoms with Gasteiger partial charge in [0.05, 0.1) is 32.5 Å². The van der Waals surface area contributed by atoms with Crippen molar-refractivity contribution in [3.05, 3.63) is 0 Å². The van der Waals surface area contributed by atoms with E-state index in [0.29, 0.717) is 0 Å². The summed E-state index contributed by atoms with van der Waals surface area (Å²) >= 11 is 0. The minimum absolute atomic E-state index is 0.158. The second-order valence-electron chi connectivity index (χ2n) is 5.56. The molecule has 0 bridgehead atoms. The molecule has 0 radical (unpaired) electrons. The van der Waals surface area contributed by atoms with E-state index in [0.717, 1.165) is 14.2 Å². The Hall–Kier alpha value is -2.20. The highest BCUT2D eigenvalue weighted by Gasteiger charge is 2.69. The molecule has 0 aromatic carbocycles. The lowest BCUT2D eigenvalue weighted by Crippen LogP contribution is -2.59. The maximum Gasteiger partial charge on any atom is 0.326 e. The van der Waals surface area contributed by atoms with Gasteiger partial charge in [-0.25, -0.2) is 0 Å². The van der Waals surface area contributed by atoms with E-state index >= 15 is 0 Å². The second-order valence-corrected chi connectivity index (χ2v) is 5.56. The van der Waals surface area contributed by atoms with Crippen LogP contribution in [0.2, 0.25) is 0 Å². The SMILES string of the molecule is CCOC(CC(C(=O)OC)(C(=O)OC)C(C#N)(C#N)C(C)OCC)OCC. The molecule has 0 saturated carbocycles. The number of hydrogen-bond donors (Lipinski definition) is 0. The summed E-state index contributed by atoms with van der Waals surface area (Å²) < 4.78 is 26.0. The molecule has 0 aliphatic rings. The largest absolute Gasteiger partial charge is 0.468 e. The number of carbonyl (C=O) groups excluding carboxylic acids is 2. The maximum absolute atomic E-state index is 12.9. The third kappa shape index (κ3) is 4.75. The Morgan fingerprint density at radius 2 is 1.30 bits per heavy atom. The van der Waals surface area contributed by atoms with Gasteiger partial charge in [-0.05, 0) is 27.7 Å². The smallest absolute Gasteiger partial charge is 0.326 e. The lowest BCUT2D eigenvalue weighted by Gasteiger charge is -2.41. The fourth-order valence-corrected chi connectivity index (χ4v) is 2.99. The van der Waals surface area contributed by atoms with Gasteiger partial charge < -0.3 is 23.7 Å². The highest BCUT2D eigenvalue weighted by Crippen LogP contribution is 2.48. The number of nitrogens with zero attached hydrogens (tertiary/aromatic N) is 2. The summed E-state index contributed by atoms with van der Waals surface area (Å²) in [6, 6.07) is 3.62. The predicted octanol–water partition coefficient (Wildman–Crippen LogP) is 1.57. The highest BCUT2D eigenvalue weighted by atomic mass is 16.7. The van der Waals surface area contributed by atoms with Crippen LogP contribution < -0.4 is 0 Å². The van der Waals surface area contributed by atoms with Crippen molar-refractivity contribution in [1.82, 2.24) is 0 Å². The summed E-state index contributed by atoms with van der Waals surface area (Å²) in [5.74, 6) is -2.21. The minimum Gasteiger partial charge on any atom is -0.468 e. The van der Waals surface area contributed by atoms with Crippen molar-refractivity contribution in [3.63, 3.8) is 0 Å². The van der Waals surface area contributed by atoms with E-state index < -0.39 is 41.6 Å². The van der Waals surface area contributed by atoms with Crippen LogP contribution in [0.25, 0.3) is 0 Å². The van der Waals surface area contributed by atoms with E-state index in [1.54, 1.807) is 20.8 Å². The third-order valence-corrected chi connectivity index (χ3v) is 4.30. The topological polar surface area (TPSA) is 128 Å². The molecule has 1 unspecified atom stereocenters. The van der Waals surface area contributed by atoms with Crippen LogP contribution in [0.4, 0.5) is 0 Å². The van der Waals surface area contributed by atoms with Crippen LogP contribution in [0.15, 0.2) is 0 Å². The Bertz CT molecular complexity index is 543. The summed E-state index contributed by atoms with van der Waals surface area (Å²) in [5, 5.41) is 19.8. The fourth-order valence-electron chi connectivity index (χ4n) is 2.99. The van der Waals surface area contributed by atoms with Crippen LogP contribution in [-0.4, -0.2) is 58.4 Å². The summed E-state index contributed by atoms with van der Waals surface area (Å²) in [5.41, 5.74) is -4.58. The van der Waals surface area contributed by atoms with E-state index in [1.165, 1.54) is 6.92 Å². The molecule has 0 aromatic rings. The second kappa shape index (κ2) is 11.5. The summed E-state index contributed by atoms with van der Waals surface area (Å²) in [6.45, 7) is 7.10. The molecule has 152 valence electrons. The van der Waals surface area contributed by atoms with Gasteiger partial charge in [-0.2, -0.15) is 10.5 Å². The van der Waals surface area contributed by atoms with Gasteiger partial charge in [0.2, 0.25) is 5.41 Å². The van der Waals surface area contributed by atoms with Crippen LogP contribution in [0.5, 0.6) is 0 Å². The zero-order chi connectivity index (χ0) is 21.1. The Balaban J connectivity index is 6.77. The molecule has 0 aromatic heterocycles. The van der Waals surface area contributed by atoms with E-state index in [2.05, 4.69) is 0 Å². The van der Waals surface area contributed by atoms with Crippen molar-refractivity contribution in [1.29, 1.82) is 10.5 Å². The van der Waals surface area contributed by atoms with Gasteiger partial charge in [0.15, 0.2) is 11.7 Å².